The van der Waals surface area contributed by atoms with E-state index in [-0.39, 0.29) is 13.0 Å². The van der Waals surface area contributed by atoms with Crippen LogP contribution in [0.4, 0.5) is 0 Å². The van der Waals surface area contributed by atoms with Crippen molar-refractivity contribution >= 4 is 17.8 Å². The first-order valence-electron chi connectivity index (χ1n) is 11.6. The molecule has 0 fully saturated rings. The quantitative estimate of drug-likeness (QED) is 0.163. The molecule has 1 aromatic rings. The SMILES string of the molecule is CCCCCCCCOC(=O)CNC(=O)C(Cc1cnc[nH]1)NC(=O)C(N)CCCCN. The molecule has 1 heterocycles. The number of hydrogen-bond acceptors (Lipinski definition) is 7. The standard InChI is InChI=1S/C22H40N6O4/c1-2-3-4-5-6-9-12-32-20(29)15-26-22(31)19(13-17-14-25-16-27-17)28-21(30)18(24)10-7-8-11-23/h14,16,18-19H,2-13,15,23-24H2,1H3,(H,25,27)(H,26,31)(H,28,30). The molecule has 0 aliphatic carbocycles. The molecule has 0 saturated heterocycles. The van der Waals surface area contributed by atoms with E-state index in [2.05, 4.69) is 27.5 Å². The number of ether oxygens (including phenoxy) is 1. The van der Waals surface area contributed by atoms with Gasteiger partial charge >= 0.3 is 5.97 Å². The van der Waals surface area contributed by atoms with Crippen LogP contribution in [-0.2, 0) is 25.5 Å². The first-order chi connectivity index (χ1) is 15.5. The average molecular weight is 453 g/mol. The van der Waals surface area contributed by atoms with Gasteiger partial charge in [-0.3, -0.25) is 14.4 Å². The predicted molar refractivity (Wildman–Crippen MR) is 122 cm³/mol. The van der Waals surface area contributed by atoms with Crippen molar-refractivity contribution in [3.05, 3.63) is 18.2 Å². The summed E-state index contributed by atoms with van der Waals surface area (Å²) in [5.41, 5.74) is 12.1. The summed E-state index contributed by atoms with van der Waals surface area (Å²) < 4.78 is 5.17. The molecule has 10 nitrogen and oxygen atoms in total. The van der Waals surface area contributed by atoms with Crippen molar-refractivity contribution in [3.63, 3.8) is 0 Å². The second kappa shape index (κ2) is 17.1. The van der Waals surface area contributed by atoms with Crippen molar-refractivity contribution in [2.45, 2.75) is 83.2 Å². The van der Waals surface area contributed by atoms with E-state index in [1.54, 1.807) is 6.20 Å². The van der Waals surface area contributed by atoms with Crippen LogP contribution in [0.3, 0.4) is 0 Å². The lowest BCUT2D eigenvalue weighted by molar-refractivity contribution is -0.144. The molecule has 0 radical (unpaired) electrons. The number of esters is 1. The van der Waals surface area contributed by atoms with Gasteiger partial charge < -0.3 is 31.8 Å². The predicted octanol–water partition coefficient (Wildman–Crippen LogP) is 0.913. The Morgan fingerprint density at radius 3 is 2.53 bits per heavy atom. The zero-order valence-corrected chi connectivity index (χ0v) is 19.2. The summed E-state index contributed by atoms with van der Waals surface area (Å²) in [6.45, 7) is 2.78. The molecule has 0 bridgehead atoms. The minimum atomic E-state index is -0.894. The second-order valence-electron chi connectivity index (χ2n) is 7.94. The summed E-state index contributed by atoms with van der Waals surface area (Å²) >= 11 is 0. The van der Waals surface area contributed by atoms with Crippen molar-refractivity contribution in [2.24, 2.45) is 11.5 Å². The van der Waals surface area contributed by atoms with Crippen LogP contribution < -0.4 is 22.1 Å². The molecule has 182 valence electrons. The highest BCUT2D eigenvalue weighted by Gasteiger charge is 2.25. The number of amides is 2. The lowest BCUT2D eigenvalue weighted by Gasteiger charge is -2.20. The van der Waals surface area contributed by atoms with Crippen LogP contribution in [0, 0.1) is 0 Å². The first kappa shape index (κ1) is 27.6. The van der Waals surface area contributed by atoms with Gasteiger partial charge in [0.15, 0.2) is 0 Å². The second-order valence-corrected chi connectivity index (χ2v) is 7.94. The van der Waals surface area contributed by atoms with Gasteiger partial charge in [0.1, 0.15) is 12.6 Å². The lowest BCUT2D eigenvalue weighted by Crippen LogP contribution is -2.53. The summed E-state index contributed by atoms with van der Waals surface area (Å²) in [7, 11) is 0. The van der Waals surface area contributed by atoms with Crippen molar-refractivity contribution in [1.29, 1.82) is 0 Å². The molecule has 2 amide bonds. The average Bonchev–Trinajstić information content (AvgIpc) is 3.29. The molecule has 2 atom stereocenters. The van der Waals surface area contributed by atoms with Gasteiger partial charge in [0.2, 0.25) is 11.8 Å². The Balaban J connectivity index is 2.44. The number of aromatic amines is 1. The maximum absolute atomic E-state index is 12.6. The van der Waals surface area contributed by atoms with E-state index in [0.717, 1.165) is 32.1 Å². The molecule has 0 aliphatic rings. The van der Waals surface area contributed by atoms with E-state index in [1.807, 2.05) is 0 Å². The first-order valence-corrected chi connectivity index (χ1v) is 11.6. The number of H-pyrrole nitrogens is 1. The van der Waals surface area contributed by atoms with Gasteiger partial charge in [-0.2, -0.15) is 0 Å². The topological polar surface area (TPSA) is 165 Å². The number of carbonyl (C=O) groups excluding carboxylic acids is 3. The van der Waals surface area contributed by atoms with Crippen LogP contribution >= 0.6 is 0 Å². The fraction of sp³-hybridized carbons (Fsp3) is 0.727. The van der Waals surface area contributed by atoms with Gasteiger partial charge in [0.25, 0.3) is 0 Å². The maximum atomic E-state index is 12.6. The Morgan fingerprint density at radius 1 is 1.09 bits per heavy atom. The molecule has 1 aromatic heterocycles. The Labute approximate surface area is 190 Å². The Morgan fingerprint density at radius 2 is 1.84 bits per heavy atom. The largest absolute Gasteiger partial charge is 0.464 e. The fourth-order valence-electron chi connectivity index (χ4n) is 3.15. The van der Waals surface area contributed by atoms with Gasteiger partial charge in [-0.25, -0.2) is 4.98 Å². The van der Waals surface area contributed by atoms with Crippen molar-refractivity contribution in [2.75, 3.05) is 19.7 Å². The molecular weight excluding hydrogens is 412 g/mol. The summed E-state index contributed by atoms with van der Waals surface area (Å²) in [5.74, 6) is -1.41. The number of rotatable bonds is 18. The van der Waals surface area contributed by atoms with E-state index in [0.29, 0.717) is 25.3 Å². The van der Waals surface area contributed by atoms with Gasteiger partial charge in [0, 0.05) is 18.3 Å². The minimum Gasteiger partial charge on any atom is -0.464 e. The van der Waals surface area contributed by atoms with Gasteiger partial charge in [-0.1, -0.05) is 45.4 Å². The molecule has 0 aliphatic heterocycles. The highest BCUT2D eigenvalue weighted by Crippen LogP contribution is 2.05. The monoisotopic (exact) mass is 452 g/mol. The van der Waals surface area contributed by atoms with Crippen LogP contribution in [-0.4, -0.2) is 59.5 Å². The molecule has 0 spiro atoms. The number of nitrogens with zero attached hydrogens (tertiary/aromatic N) is 1. The number of nitrogens with two attached hydrogens (primary N) is 2. The van der Waals surface area contributed by atoms with Gasteiger partial charge in [-0.15, -0.1) is 0 Å². The molecule has 32 heavy (non-hydrogen) atoms. The Kier molecular flexibility index (Phi) is 14.8. The zero-order valence-electron chi connectivity index (χ0n) is 19.2. The maximum Gasteiger partial charge on any atom is 0.325 e. The highest BCUT2D eigenvalue weighted by molar-refractivity contribution is 5.91. The van der Waals surface area contributed by atoms with Crippen LogP contribution in [0.1, 0.15) is 70.4 Å². The molecule has 10 heteroatoms. The van der Waals surface area contributed by atoms with Crippen LogP contribution in [0.25, 0.3) is 0 Å². The molecule has 0 aromatic carbocycles. The number of imidazole rings is 1. The van der Waals surface area contributed by atoms with E-state index < -0.39 is 29.9 Å². The Hall–Kier alpha value is -2.46. The molecular formula is C22H40N6O4. The van der Waals surface area contributed by atoms with E-state index in [1.165, 1.54) is 25.6 Å². The molecule has 2 unspecified atom stereocenters. The zero-order chi connectivity index (χ0) is 23.6. The molecule has 7 N–H and O–H groups in total. The summed E-state index contributed by atoms with van der Waals surface area (Å²) in [6.07, 6.45) is 11.8. The normalized spacial score (nSPS) is 12.7. The summed E-state index contributed by atoms with van der Waals surface area (Å²) in [5, 5.41) is 5.22. The van der Waals surface area contributed by atoms with E-state index in [9.17, 15) is 14.4 Å². The number of aromatic nitrogens is 2. The third-order valence-electron chi connectivity index (χ3n) is 5.09. The Bertz CT molecular complexity index is 653. The number of unbranched alkanes of at least 4 members (excludes halogenated alkanes) is 6. The number of nitrogens with one attached hydrogen (secondary N) is 3. The van der Waals surface area contributed by atoms with Gasteiger partial charge in [-0.05, 0) is 25.8 Å². The minimum absolute atomic E-state index is 0.194. The van der Waals surface area contributed by atoms with Crippen LogP contribution in [0.15, 0.2) is 12.5 Å². The summed E-state index contributed by atoms with van der Waals surface area (Å²) in [4.78, 5) is 43.8. The third kappa shape index (κ3) is 12.4. The van der Waals surface area contributed by atoms with Crippen LogP contribution in [0.5, 0.6) is 0 Å². The summed E-state index contributed by atoms with van der Waals surface area (Å²) in [6, 6.07) is -1.63. The van der Waals surface area contributed by atoms with E-state index in [4.69, 9.17) is 16.2 Å². The smallest absolute Gasteiger partial charge is 0.325 e. The number of hydrogen-bond donors (Lipinski definition) is 5. The van der Waals surface area contributed by atoms with Gasteiger partial charge in [0.05, 0.1) is 19.0 Å². The fourth-order valence-corrected chi connectivity index (χ4v) is 3.15. The lowest BCUT2D eigenvalue weighted by atomic mass is 10.1. The van der Waals surface area contributed by atoms with Crippen molar-refractivity contribution in [3.8, 4) is 0 Å². The third-order valence-corrected chi connectivity index (χ3v) is 5.09. The van der Waals surface area contributed by atoms with E-state index >= 15 is 0 Å². The molecule has 0 saturated carbocycles. The van der Waals surface area contributed by atoms with Crippen molar-refractivity contribution in [1.82, 2.24) is 20.6 Å². The highest BCUT2D eigenvalue weighted by atomic mass is 16.5. The van der Waals surface area contributed by atoms with Crippen molar-refractivity contribution < 1.29 is 19.1 Å². The molecule has 1 rings (SSSR count). The van der Waals surface area contributed by atoms with Crippen LogP contribution in [0.2, 0.25) is 0 Å². The number of carbonyl (C=O) groups is 3.